The molecule has 1 aromatic heterocycles. The lowest BCUT2D eigenvalue weighted by atomic mass is 9.95. The van der Waals surface area contributed by atoms with Crippen molar-refractivity contribution in [1.29, 1.82) is 0 Å². The van der Waals surface area contributed by atoms with E-state index in [-0.39, 0.29) is 28.1 Å². The minimum absolute atomic E-state index is 0.0176. The smallest absolute Gasteiger partial charge is 0.417 e. The lowest BCUT2D eigenvalue weighted by Crippen LogP contribution is -2.09. The van der Waals surface area contributed by atoms with Crippen LogP contribution in [0.2, 0.25) is 0 Å². The molecule has 0 fully saturated rings. The summed E-state index contributed by atoms with van der Waals surface area (Å²) in [7, 11) is 0. The summed E-state index contributed by atoms with van der Waals surface area (Å²) < 4.78 is 87.2. The molecule has 0 unspecified atom stereocenters. The Morgan fingerprint density at radius 3 is 2.40 bits per heavy atom. The summed E-state index contributed by atoms with van der Waals surface area (Å²) in [6.07, 6.45) is -2.94. The average Bonchev–Trinajstić information content (AvgIpc) is 3.27. The molecule has 1 heterocycles. The minimum atomic E-state index is -4.71. The highest BCUT2D eigenvalue weighted by Gasteiger charge is 2.33. The third-order valence-electron chi connectivity index (χ3n) is 5.59. The molecule has 4 nitrogen and oxygen atoms in total. The van der Waals surface area contributed by atoms with Crippen LogP contribution in [0.25, 0.3) is 11.1 Å². The van der Waals surface area contributed by atoms with Crippen LogP contribution in [0.1, 0.15) is 51.9 Å². The number of allylic oxidation sites excluding steroid dienone is 2. The van der Waals surface area contributed by atoms with Gasteiger partial charge in [0.2, 0.25) is 5.88 Å². The maximum absolute atomic E-state index is 14.1. The quantitative estimate of drug-likeness (QED) is 0.380. The van der Waals surface area contributed by atoms with Gasteiger partial charge in [-0.3, -0.25) is 0 Å². The second kappa shape index (κ2) is 9.44. The molecule has 3 aromatic rings. The molecule has 0 amide bonds. The molecule has 1 aliphatic carbocycles. The number of aromatic nitrogens is 1. The highest BCUT2D eigenvalue weighted by molar-refractivity contribution is 5.96. The van der Waals surface area contributed by atoms with E-state index in [9.17, 15) is 36.2 Å². The van der Waals surface area contributed by atoms with Gasteiger partial charge in [0.15, 0.2) is 0 Å². The van der Waals surface area contributed by atoms with E-state index in [2.05, 4.69) is 4.98 Å². The van der Waals surface area contributed by atoms with Crippen molar-refractivity contribution < 1.29 is 41.0 Å². The normalized spacial score (nSPS) is 13.9. The van der Waals surface area contributed by atoms with E-state index in [1.807, 2.05) is 0 Å². The maximum Gasteiger partial charge on any atom is 0.417 e. The zero-order valence-electron chi connectivity index (χ0n) is 17.9. The molecule has 35 heavy (non-hydrogen) atoms. The second-order valence-electron chi connectivity index (χ2n) is 7.94. The number of nitrogens with zero attached hydrogens (tertiary/aromatic N) is 1. The third kappa shape index (κ3) is 5.31. The fourth-order valence-corrected chi connectivity index (χ4v) is 3.97. The third-order valence-corrected chi connectivity index (χ3v) is 5.59. The van der Waals surface area contributed by atoms with Crippen LogP contribution in [0, 0.1) is 17.5 Å². The van der Waals surface area contributed by atoms with Gasteiger partial charge in [0, 0.05) is 23.4 Å². The van der Waals surface area contributed by atoms with Gasteiger partial charge in [-0.25, -0.2) is 22.9 Å². The molecule has 10 heteroatoms. The Hall–Kier alpha value is -3.82. The van der Waals surface area contributed by atoms with E-state index in [4.69, 9.17) is 4.74 Å². The molecular formula is C25H17F6NO3. The van der Waals surface area contributed by atoms with Gasteiger partial charge in [-0.1, -0.05) is 0 Å². The fourth-order valence-electron chi connectivity index (χ4n) is 3.97. The van der Waals surface area contributed by atoms with E-state index >= 15 is 0 Å². The topological polar surface area (TPSA) is 59.4 Å². The first-order valence-electron chi connectivity index (χ1n) is 10.4. The van der Waals surface area contributed by atoms with Gasteiger partial charge in [0.25, 0.3) is 0 Å². The number of carboxylic acid groups (broad SMARTS) is 1. The summed E-state index contributed by atoms with van der Waals surface area (Å²) in [5.74, 6) is -4.05. The van der Waals surface area contributed by atoms with E-state index in [0.717, 1.165) is 30.3 Å². The van der Waals surface area contributed by atoms with Crippen molar-refractivity contribution in [3.8, 4) is 5.88 Å². The van der Waals surface area contributed by atoms with Crippen molar-refractivity contribution in [2.45, 2.75) is 32.0 Å². The Morgan fingerprint density at radius 1 is 0.971 bits per heavy atom. The van der Waals surface area contributed by atoms with Crippen molar-refractivity contribution in [3.63, 3.8) is 0 Å². The van der Waals surface area contributed by atoms with Gasteiger partial charge in [-0.2, -0.15) is 13.2 Å². The van der Waals surface area contributed by atoms with Gasteiger partial charge in [-0.15, -0.1) is 0 Å². The number of alkyl halides is 3. The summed E-state index contributed by atoms with van der Waals surface area (Å²) >= 11 is 0. The number of aromatic carboxylic acids is 1. The van der Waals surface area contributed by atoms with E-state index in [1.54, 1.807) is 0 Å². The number of hydrogen-bond acceptors (Lipinski definition) is 3. The van der Waals surface area contributed by atoms with Crippen molar-refractivity contribution in [3.05, 3.63) is 93.9 Å². The van der Waals surface area contributed by atoms with Gasteiger partial charge in [0.1, 0.15) is 24.1 Å². The summed E-state index contributed by atoms with van der Waals surface area (Å²) in [6, 6.07) is 6.88. The van der Waals surface area contributed by atoms with E-state index < -0.39 is 41.8 Å². The largest absolute Gasteiger partial charge is 0.478 e. The number of carbonyl (C=O) groups is 1. The Bertz CT molecular complexity index is 1330. The van der Waals surface area contributed by atoms with Crippen molar-refractivity contribution in [2.24, 2.45) is 0 Å². The zero-order chi connectivity index (χ0) is 25.3. The summed E-state index contributed by atoms with van der Waals surface area (Å²) in [4.78, 5) is 15.2. The predicted octanol–water partition coefficient (Wildman–Crippen LogP) is 6.89. The van der Waals surface area contributed by atoms with Crippen LogP contribution in [0.15, 0.2) is 48.7 Å². The number of carboxylic acids is 1. The molecule has 4 rings (SSSR count). The van der Waals surface area contributed by atoms with Crippen LogP contribution in [-0.4, -0.2) is 16.1 Å². The highest BCUT2D eigenvalue weighted by atomic mass is 19.4. The van der Waals surface area contributed by atoms with Gasteiger partial charge >= 0.3 is 12.1 Å². The van der Waals surface area contributed by atoms with E-state index in [1.165, 1.54) is 6.07 Å². The number of ether oxygens (including phenoxy) is 1. The molecule has 182 valence electrons. The first kappa shape index (κ1) is 24.3. The number of halogens is 6. The molecule has 0 aliphatic heterocycles. The second-order valence-corrected chi connectivity index (χ2v) is 7.94. The number of pyridine rings is 1. The van der Waals surface area contributed by atoms with Gasteiger partial charge < -0.3 is 9.84 Å². The standard InChI is InChI=1S/C25H17F6NO3/c26-17-5-4-13(22(28)10-17)12-35-23-21(9-16(11-32-23)25(29,30)31)20-3-1-2-19(20)14-6-15(24(33)34)8-18(27)7-14/h4-11H,1-3,12H2,(H,33,34). The molecule has 1 aliphatic rings. The molecule has 1 N–H and O–H groups in total. The maximum atomic E-state index is 14.1. The lowest BCUT2D eigenvalue weighted by molar-refractivity contribution is -0.137. The van der Waals surface area contributed by atoms with Gasteiger partial charge in [0.05, 0.1) is 11.1 Å². The summed E-state index contributed by atoms with van der Waals surface area (Å²) in [5.41, 5.74) is -0.318. The molecule has 0 saturated heterocycles. The summed E-state index contributed by atoms with van der Waals surface area (Å²) in [6.45, 7) is -0.427. The monoisotopic (exact) mass is 493 g/mol. The summed E-state index contributed by atoms with van der Waals surface area (Å²) in [5, 5.41) is 9.26. The van der Waals surface area contributed by atoms with Crippen molar-refractivity contribution in [1.82, 2.24) is 4.98 Å². The average molecular weight is 493 g/mol. The zero-order valence-corrected chi connectivity index (χ0v) is 17.9. The van der Waals surface area contributed by atoms with Crippen LogP contribution in [0.4, 0.5) is 26.3 Å². The molecular weight excluding hydrogens is 476 g/mol. The first-order chi connectivity index (χ1) is 16.5. The Kier molecular flexibility index (Phi) is 6.56. The number of hydrogen-bond donors (Lipinski definition) is 1. The lowest BCUT2D eigenvalue weighted by Gasteiger charge is -2.16. The molecule has 0 radical (unpaired) electrons. The molecule has 0 saturated carbocycles. The van der Waals surface area contributed by atoms with Crippen LogP contribution >= 0.6 is 0 Å². The van der Waals surface area contributed by atoms with Crippen LogP contribution in [0.5, 0.6) is 5.88 Å². The highest BCUT2D eigenvalue weighted by Crippen LogP contribution is 2.44. The van der Waals surface area contributed by atoms with Crippen LogP contribution in [0.3, 0.4) is 0 Å². The van der Waals surface area contributed by atoms with E-state index in [0.29, 0.717) is 42.7 Å². The Balaban J connectivity index is 1.81. The van der Waals surface area contributed by atoms with Crippen LogP contribution in [-0.2, 0) is 12.8 Å². The minimum Gasteiger partial charge on any atom is -0.478 e. The molecule has 0 spiro atoms. The van der Waals surface area contributed by atoms with Crippen molar-refractivity contribution in [2.75, 3.05) is 0 Å². The fraction of sp³-hybridized carbons (Fsp3) is 0.200. The number of rotatable bonds is 6. The van der Waals surface area contributed by atoms with Gasteiger partial charge in [-0.05, 0) is 72.4 Å². The molecule has 2 aromatic carbocycles. The number of benzene rings is 2. The predicted molar refractivity (Wildman–Crippen MR) is 114 cm³/mol. The molecule has 0 atom stereocenters. The van der Waals surface area contributed by atoms with Crippen molar-refractivity contribution >= 4 is 17.1 Å². The van der Waals surface area contributed by atoms with Crippen LogP contribution < -0.4 is 4.74 Å². The first-order valence-corrected chi connectivity index (χ1v) is 10.4. The molecule has 0 bridgehead atoms. The SMILES string of the molecule is O=C(O)c1cc(F)cc(C2=C(c3cc(C(F)(F)F)cnc3OCc3ccc(F)cc3F)CCC2)c1. The Labute approximate surface area is 195 Å². The Morgan fingerprint density at radius 2 is 1.71 bits per heavy atom.